The van der Waals surface area contributed by atoms with Gasteiger partial charge in [-0.05, 0) is 12.1 Å². The third kappa shape index (κ3) is 2.49. The Kier molecular flexibility index (Phi) is 3.59. The lowest BCUT2D eigenvalue weighted by Crippen LogP contribution is -2.07. The first-order chi connectivity index (χ1) is 10.1. The molecule has 0 unspecified atom stereocenters. The zero-order valence-corrected chi connectivity index (χ0v) is 11.9. The van der Waals surface area contributed by atoms with Crippen molar-refractivity contribution in [2.75, 3.05) is 0 Å². The van der Waals surface area contributed by atoms with Gasteiger partial charge in [-0.3, -0.25) is 0 Å². The molecule has 0 bridgehead atoms. The van der Waals surface area contributed by atoms with Crippen LogP contribution in [0, 0.1) is 18.6 Å². The molecule has 0 amide bonds. The molecular formula is C13H11ClF2N4O. The van der Waals surface area contributed by atoms with Crippen molar-refractivity contribution in [1.29, 1.82) is 0 Å². The van der Waals surface area contributed by atoms with Crippen molar-refractivity contribution in [2.45, 2.75) is 25.8 Å². The summed E-state index contributed by atoms with van der Waals surface area (Å²) in [4.78, 5) is 8.28. The van der Waals surface area contributed by atoms with Crippen LogP contribution in [0.4, 0.5) is 8.78 Å². The zero-order valence-electron chi connectivity index (χ0n) is 11.1. The highest BCUT2D eigenvalue weighted by Gasteiger charge is 2.17. The van der Waals surface area contributed by atoms with Gasteiger partial charge in [-0.25, -0.2) is 13.8 Å². The first kappa shape index (κ1) is 13.9. The number of aromatic nitrogens is 4. The fraction of sp³-hybridized carbons (Fsp3) is 0.308. The molecule has 21 heavy (non-hydrogen) atoms. The predicted molar refractivity (Wildman–Crippen MR) is 71.9 cm³/mol. The van der Waals surface area contributed by atoms with Gasteiger partial charge in [-0.2, -0.15) is 4.98 Å². The van der Waals surface area contributed by atoms with Crippen LogP contribution < -0.4 is 0 Å². The van der Waals surface area contributed by atoms with E-state index >= 15 is 0 Å². The third-order valence-electron chi connectivity index (χ3n) is 3.13. The minimum absolute atomic E-state index is 0.0982. The minimum Gasteiger partial charge on any atom is -0.340 e. The first-order valence-corrected chi connectivity index (χ1v) is 6.82. The Morgan fingerprint density at radius 1 is 1.29 bits per heavy atom. The molecule has 0 aliphatic rings. The van der Waals surface area contributed by atoms with Crippen molar-refractivity contribution in [1.82, 2.24) is 19.7 Å². The molecule has 8 heteroatoms. The van der Waals surface area contributed by atoms with E-state index in [4.69, 9.17) is 16.1 Å². The molecule has 3 rings (SSSR count). The molecule has 0 aliphatic carbocycles. The van der Waals surface area contributed by atoms with Crippen LogP contribution in [0.2, 0.25) is 0 Å². The molecule has 0 saturated heterocycles. The van der Waals surface area contributed by atoms with Crippen LogP contribution in [0.25, 0.3) is 11.0 Å². The fourth-order valence-corrected chi connectivity index (χ4v) is 2.41. The Labute approximate surface area is 123 Å². The minimum atomic E-state index is -0.930. The maximum absolute atomic E-state index is 14.0. The van der Waals surface area contributed by atoms with Crippen molar-refractivity contribution >= 4 is 22.6 Å². The number of fused-ring (bicyclic) bond motifs is 1. The van der Waals surface area contributed by atoms with Crippen LogP contribution in [0.3, 0.4) is 0 Å². The zero-order chi connectivity index (χ0) is 15.0. The Bertz CT molecular complexity index is 799. The summed E-state index contributed by atoms with van der Waals surface area (Å²) >= 11 is 5.83. The molecule has 5 nitrogen and oxygen atoms in total. The van der Waals surface area contributed by atoms with Gasteiger partial charge in [0.25, 0.3) is 0 Å². The second-order valence-corrected chi connectivity index (χ2v) is 4.79. The summed E-state index contributed by atoms with van der Waals surface area (Å²) in [6.45, 7) is 2.01. The highest BCUT2D eigenvalue weighted by molar-refractivity contribution is 6.16. The molecule has 2 heterocycles. The first-order valence-electron chi connectivity index (χ1n) is 6.28. The van der Waals surface area contributed by atoms with Crippen molar-refractivity contribution in [3.05, 3.63) is 41.3 Å². The van der Waals surface area contributed by atoms with Gasteiger partial charge >= 0.3 is 0 Å². The number of hydrogen-bond donors (Lipinski definition) is 0. The SMILES string of the molecule is Cc1nc(CCn2c(CCl)nc3ccc(F)c(F)c32)no1. The van der Waals surface area contributed by atoms with E-state index in [1.807, 2.05) is 0 Å². The van der Waals surface area contributed by atoms with Gasteiger partial charge in [-0.1, -0.05) is 5.16 Å². The number of imidazole rings is 1. The second-order valence-electron chi connectivity index (χ2n) is 4.52. The van der Waals surface area contributed by atoms with Gasteiger partial charge in [-0.15, -0.1) is 11.6 Å². The van der Waals surface area contributed by atoms with Crippen LogP contribution in [0.1, 0.15) is 17.5 Å². The van der Waals surface area contributed by atoms with Gasteiger partial charge in [0.15, 0.2) is 17.5 Å². The van der Waals surface area contributed by atoms with Gasteiger partial charge < -0.3 is 9.09 Å². The van der Waals surface area contributed by atoms with Crippen molar-refractivity contribution < 1.29 is 13.3 Å². The molecule has 0 atom stereocenters. The normalized spacial score (nSPS) is 11.4. The predicted octanol–water partition coefficient (Wildman–Crippen LogP) is 2.99. The number of alkyl halides is 1. The van der Waals surface area contributed by atoms with E-state index in [0.29, 0.717) is 36.0 Å². The molecule has 1 aromatic carbocycles. The van der Waals surface area contributed by atoms with E-state index in [9.17, 15) is 8.78 Å². The topological polar surface area (TPSA) is 56.7 Å². The summed E-state index contributed by atoms with van der Waals surface area (Å²) in [5, 5.41) is 3.77. The van der Waals surface area contributed by atoms with Crippen LogP contribution in [0.5, 0.6) is 0 Å². The molecule has 3 aromatic rings. The molecular weight excluding hydrogens is 302 g/mol. The molecule has 0 saturated carbocycles. The van der Waals surface area contributed by atoms with Gasteiger partial charge in [0.1, 0.15) is 11.3 Å². The van der Waals surface area contributed by atoms with Gasteiger partial charge in [0.2, 0.25) is 5.89 Å². The number of halogens is 3. The Balaban J connectivity index is 2.01. The second kappa shape index (κ2) is 5.40. The molecule has 0 radical (unpaired) electrons. The van der Waals surface area contributed by atoms with Crippen molar-refractivity contribution in [3.8, 4) is 0 Å². The Morgan fingerprint density at radius 3 is 2.76 bits per heavy atom. The van der Waals surface area contributed by atoms with Crippen LogP contribution >= 0.6 is 11.6 Å². The van der Waals surface area contributed by atoms with Gasteiger partial charge in [0, 0.05) is 19.9 Å². The lowest BCUT2D eigenvalue weighted by atomic mass is 10.3. The molecule has 0 aliphatic heterocycles. The van der Waals surface area contributed by atoms with Gasteiger partial charge in [0.05, 0.1) is 11.4 Å². The van der Waals surface area contributed by atoms with E-state index < -0.39 is 11.6 Å². The smallest absolute Gasteiger partial charge is 0.223 e. The number of aryl methyl sites for hydroxylation is 3. The third-order valence-corrected chi connectivity index (χ3v) is 3.37. The Hall–Kier alpha value is -2.02. The van der Waals surface area contributed by atoms with Crippen LogP contribution in [-0.2, 0) is 18.8 Å². The largest absolute Gasteiger partial charge is 0.340 e. The average Bonchev–Trinajstić information content (AvgIpc) is 3.04. The summed E-state index contributed by atoms with van der Waals surface area (Å²) in [5.74, 6) is -0.333. The lowest BCUT2D eigenvalue weighted by Gasteiger charge is -2.06. The molecule has 0 N–H and O–H groups in total. The maximum atomic E-state index is 14.0. The summed E-state index contributed by atoms with van der Waals surface area (Å²) in [6, 6.07) is 2.48. The molecule has 110 valence electrons. The van der Waals surface area contributed by atoms with E-state index in [2.05, 4.69) is 15.1 Å². The summed E-state index contributed by atoms with van der Waals surface area (Å²) in [5.41, 5.74) is 0.472. The standard InChI is InChI=1S/C13H11ClF2N4O/c1-7-17-10(19-21-7)4-5-20-11(6-14)18-9-3-2-8(15)12(16)13(9)20/h2-3H,4-6H2,1H3. The highest BCUT2D eigenvalue weighted by atomic mass is 35.5. The lowest BCUT2D eigenvalue weighted by molar-refractivity contribution is 0.386. The van der Waals surface area contributed by atoms with E-state index in [1.165, 1.54) is 6.07 Å². The molecule has 2 aromatic heterocycles. The van der Waals surface area contributed by atoms with Crippen molar-refractivity contribution in [3.63, 3.8) is 0 Å². The number of rotatable bonds is 4. The van der Waals surface area contributed by atoms with Crippen molar-refractivity contribution in [2.24, 2.45) is 0 Å². The average molecular weight is 313 g/mol. The number of nitrogens with zero attached hydrogens (tertiary/aromatic N) is 4. The van der Waals surface area contributed by atoms with Crippen LogP contribution in [-0.4, -0.2) is 19.7 Å². The van der Waals surface area contributed by atoms with Crippen LogP contribution in [0.15, 0.2) is 16.7 Å². The monoisotopic (exact) mass is 312 g/mol. The maximum Gasteiger partial charge on any atom is 0.223 e. The van der Waals surface area contributed by atoms with E-state index in [0.717, 1.165) is 6.07 Å². The summed E-state index contributed by atoms with van der Waals surface area (Å²) in [7, 11) is 0. The fourth-order valence-electron chi connectivity index (χ4n) is 2.20. The quantitative estimate of drug-likeness (QED) is 0.695. The number of benzene rings is 1. The van der Waals surface area contributed by atoms with E-state index in [1.54, 1.807) is 11.5 Å². The Morgan fingerprint density at radius 2 is 2.10 bits per heavy atom. The van der Waals surface area contributed by atoms with E-state index in [-0.39, 0.29) is 11.4 Å². The molecule has 0 spiro atoms. The molecule has 0 fully saturated rings. The highest BCUT2D eigenvalue weighted by Crippen LogP contribution is 2.23. The summed E-state index contributed by atoms with van der Waals surface area (Å²) in [6.07, 6.45) is 0.405. The number of hydrogen-bond acceptors (Lipinski definition) is 4. The summed E-state index contributed by atoms with van der Waals surface area (Å²) < 4.78 is 33.9.